The number of hydrogen-bond donors (Lipinski definition) is 2. The fraction of sp³-hybridized carbons (Fsp3) is 0.395. The first-order valence-corrected chi connectivity index (χ1v) is 17.5. The van der Waals surface area contributed by atoms with Gasteiger partial charge in [0.05, 0.1) is 11.6 Å². The van der Waals surface area contributed by atoms with E-state index >= 15 is 0 Å². The Morgan fingerprint density at radius 2 is 1.10 bits per heavy atom. The van der Waals surface area contributed by atoms with E-state index in [0.717, 1.165) is 45.6 Å². The Bertz CT molecular complexity index is 2210. The van der Waals surface area contributed by atoms with Crippen LogP contribution in [0.5, 0.6) is 11.5 Å². The number of phenols is 2. The minimum absolute atomic E-state index is 0.0710. The zero-order valence-corrected chi connectivity index (χ0v) is 31.3. The Balaban J connectivity index is 1.55. The first-order chi connectivity index (χ1) is 23.3. The molecule has 0 atom stereocenters. The first kappa shape index (κ1) is 35.0. The quantitative estimate of drug-likeness (QED) is 0.173. The van der Waals surface area contributed by atoms with E-state index in [2.05, 4.69) is 87.1 Å². The summed E-state index contributed by atoms with van der Waals surface area (Å²) in [5.41, 5.74) is 9.16. The summed E-state index contributed by atoms with van der Waals surface area (Å²) in [6.45, 7) is 22.5. The molecule has 260 valence electrons. The monoisotopic (exact) mass is 669 g/mol. The van der Waals surface area contributed by atoms with Crippen LogP contribution in [-0.2, 0) is 17.3 Å². The van der Waals surface area contributed by atoms with Crippen molar-refractivity contribution in [2.45, 2.75) is 99.3 Å². The molecular weight excluding hydrogens is 619 g/mol. The largest absolute Gasteiger partial charge is 0.505 e. The summed E-state index contributed by atoms with van der Waals surface area (Å²) in [6.07, 6.45) is 3.91. The van der Waals surface area contributed by atoms with Crippen molar-refractivity contribution in [3.8, 4) is 17.2 Å². The van der Waals surface area contributed by atoms with Crippen LogP contribution in [0.25, 0.3) is 22.5 Å². The van der Waals surface area contributed by atoms with E-state index in [9.17, 15) is 10.2 Å². The highest BCUT2D eigenvalue weighted by molar-refractivity contribution is 5.74. The van der Waals surface area contributed by atoms with Crippen molar-refractivity contribution in [1.82, 2.24) is 15.0 Å². The number of aromatic hydroxyl groups is 2. The first-order valence-electron chi connectivity index (χ1n) is 17.5. The Morgan fingerprint density at radius 3 is 1.64 bits per heavy atom. The van der Waals surface area contributed by atoms with Gasteiger partial charge in [0.15, 0.2) is 0 Å². The van der Waals surface area contributed by atoms with Crippen LogP contribution >= 0.6 is 0 Å². The Labute approximate surface area is 296 Å². The lowest BCUT2D eigenvalue weighted by Gasteiger charge is -2.34. The third kappa shape index (κ3) is 7.34. The van der Waals surface area contributed by atoms with Crippen molar-refractivity contribution < 1.29 is 10.2 Å². The predicted molar refractivity (Wildman–Crippen MR) is 203 cm³/mol. The molecule has 1 aliphatic heterocycles. The second-order valence-electron chi connectivity index (χ2n) is 17.6. The molecule has 4 aromatic carbocycles. The fourth-order valence-electron chi connectivity index (χ4n) is 7.84. The molecule has 1 aliphatic rings. The number of aromatic nitrogens is 3. The van der Waals surface area contributed by atoms with Gasteiger partial charge in [0.2, 0.25) is 0 Å². The van der Waals surface area contributed by atoms with E-state index in [4.69, 9.17) is 15.3 Å². The number of fused-ring (bicyclic) bond motifs is 2. The molecule has 0 unspecified atom stereocenters. The van der Waals surface area contributed by atoms with Gasteiger partial charge in [-0.2, -0.15) is 5.10 Å². The summed E-state index contributed by atoms with van der Waals surface area (Å²) < 4.78 is 0. The molecule has 0 amide bonds. The highest BCUT2D eigenvalue weighted by Crippen LogP contribution is 2.45. The number of benzene rings is 4. The number of rotatable bonds is 8. The van der Waals surface area contributed by atoms with Crippen LogP contribution in [-0.4, -0.2) is 25.2 Å². The molecule has 0 aliphatic carbocycles. The van der Waals surface area contributed by atoms with Gasteiger partial charge in [-0.1, -0.05) is 111 Å². The van der Waals surface area contributed by atoms with Gasteiger partial charge < -0.3 is 10.2 Å². The molecule has 0 saturated carbocycles. The highest BCUT2D eigenvalue weighted by atomic mass is 16.3. The lowest BCUT2D eigenvalue weighted by Crippen LogP contribution is -2.30. The van der Waals surface area contributed by atoms with Gasteiger partial charge in [-0.05, 0) is 82.0 Å². The smallest absolute Gasteiger partial charge is 0.146 e. The standard InChI is InChI=1S/C43H51N5O2/c1-40(2,3)26-42(7,8)31-22-29(38(49)36(24-31)47-20-19-28-15-11-12-16-33(28)44-47)21-30-23-32(43(9,10)27-41(4,5)6)25-37(39(30)50)48-45-34-17-13-14-18-35(34)46-48/h11-18,20,22-25,49-50H,21,26-27H2,1-10H3. The van der Waals surface area contributed by atoms with Crippen LogP contribution in [0.4, 0.5) is 5.69 Å². The summed E-state index contributed by atoms with van der Waals surface area (Å²) in [5.74, 6) is 0.204. The van der Waals surface area contributed by atoms with Crippen molar-refractivity contribution in [3.05, 3.63) is 112 Å². The van der Waals surface area contributed by atoms with Crippen molar-refractivity contribution in [2.75, 3.05) is 5.01 Å². The molecular formula is C43H51N5O2. The van der Waals surface area contributed by atoms with Gasteiger partial charge in [-0.25, -0.2) is 5.01 Å². The second-order valence-corrected chi connectivity index (χ2v) is 17.6. The fourth-order valence-corrected chi connectivity index (χ4v) is 7.84. The van der Waals surface area contributed by atoms with Gasteiger partial charge in [0, 0.05) is 22.8 Å². The third-order valence-corrected chi connectivity index (χ3v) is 9.44. The Morgan fingerprint density at radius 1 is 0.620 bits per heavy atom. The van der Waals surface area contributed by atoms with Crippen LogP contribution in [0.15, 0.2) is 84.1 Å². The number of hydrogen-bond acceptors (Lipinski definition) is 6. The SMILES string of the molecule is CC(C)(C)CC(C)(C)c1cc(Cc2cc(C(C)(C)CC(C)(C)C)cc(-n3nc4ccccc4n3)c2O)c(O)c(N2C=C=c3ccccc3=N2)c1. The maximum atomic E-state index is 12.1. The normalized spacial score (nSPS) is 13.7. The average molecular weight is 670 g/mol. The van der Waals surface area contributed by atoms with E-state index in [1.807, 2.05) is 60.7 Å². The molecule has 7 nitrogen and oxygen atoms in total. The van der Waals surface area contributed by atoms with Crippen molar-refractivity contribution in [2.24, 2.45) is 15.9 Å². The summed E-state index contributed by atoms with van der Waals surface area (Å²) >= 11 is 0. The number of anilines is 1. The molecule has 0 spiro atoms. The van der Waals surface area contributed by atoms with Crippen LogP contribution in [0.3, 0.4) is 0 Å². The van der Waals surface area contributed by atoms with Gasteiger partial charge in [0.1, 0.15) is 33.9 Å². The Kier molecular flexibility index (Phi) is 8.72. The van der Waals surface area contributed by atoms with Crippen LogP contribution < -0.4 is 15.6 Å². The average Bonchev–Trinajstić information content (AvgIpc) is 3.44. The maximum absolute atomic E-state index is 12.1. The van der Waals surface area contributed by atoms with E-state index in [1.54, 1.807) is 16.0 Å². The molecule has 0 radical (unpaired) electrons. The molecule has 7 heteroatoms. The predicted octanol–water partition coefficient (Wildman–Crippen LogP) is 8.80. The number of phenolic OH excluding ortho intramolecular Hbond substituents is 2. The van der Waals surface area contributed by atoms with Gasteiger partial charge >= 0.3 is 0 Å². The number of nitrogens with zero attached hydrogens (tertiary/aromatic N) is 5. The molecule has 0 bridgehead atoms. The maximum Gasteiger partial charge on any atom is 0.146 e. The molecule has 6 rings (SSSR count). The van der Waals surface area contributed by atoms with E-state index in [0.29, 0.717) is 22.5 Å². The summed E-state index contributed by atoms with van der Waals surface area (Å²) in [7, 11) is 0. The molecule has 0 fully saturated rings. The lowest BCUT2D eigenvalue weighted by molar-refractivity contribution is 0.283. The molecule has 0 saturated heterocycles. The van der Waals surface area contributed by atoms with Crippen LogP contribution in [0, 0.1) is 10.8 Å². The second kappa shape index (κ2) is 12.5. The van der Waals surface area contributed by atoms with Crippen LogP contribution in [0.1, 0.15) is 104 Å². The van der Waals surface area contributed by atoms with Crippen molar-refractivity contribution in [1.29, 1.82) is 0 Å². The van der Waals surface area contributed by atoms with Crippen molar-refractivity contribution in [3.63, 3.8) is 0 Å². The summed E-state index contributed by atoms with van der Waals surface area (Å²) in [4.78, 5) is 1.54. The van der Waals surface area contributed by atoms with E-state index in [1.165, 1.54) is 0 Å². The Hall–Kier alpha value is -4.87. The van der Waals surface area contributed by atoms with E-state index in [-0.39, 0.29) is 39.6 Å². The third-order valence-electron chi connectivity index (χ3n) is 9.44. The molecule has 2 heterocycles. The highest BCUT2D eigenvalue weighted by Gasteiger charge is 2.32. The van der Waals surface area contributed by atoms with Gasteiger partial charge in [0.25, 0.3) is 0 Å². The molecule has 50 heavy (non-hydrogen) atoms. The molecule has 1 aromatic heterocycles. The van der Waals surface area contributed by atoms with Crippen molar-refractivity contribution >= 4 is 22.5 Å². The molecule has 5 aromatic rings. The minimum atomic E-state index is -0.230. The summed E-state index contributed by atoms with van der Waals surface area (Å²) in [6, 6.07) is 23.8. The summed E-state index contributed by atoms with van der Waals surface area (Å²) in [5, 5.41) is 41.9. The topological polar surface area (TPSA) is 86.8 Å². The van der Waals surface area contributed by atoms with E-state index < -0.39 is 0 Å². The minimum Gasteiger partial charge on any atom is -0.505 e. The zero-order chi connectivity index (χ0) is 36.2. The lowest BCUT2D eigenvalue weighted by atomic mass is 9.71. The molecule has 2 N–H and O–H groups in total. The van der Waals surface area contributed by atoms with Gasteiger partial charge in [-0.3, -0.25) is 0 Å². The van der Waals surface area contributed by atoms with Crippen LogP contribution in [0.2, 0.25) is 0 Å². The zero-order valence-electron chi connectivity index (χ0n) is 31.3. The van der Waals surface area contributed by atoms with Gasteiger partial charge in [-0.15, -0.1) is 15.0 Å².